The molecule has 162 valence electrons. The van der Waals surface area contributed by atoms with Gasteiger partial charge in [-0.2, -0.15) is 5.10 Å². The van der Waals surface area contributed by atoms with E-state index in [1.807, 2.05) is 53.9 Å². The molecule has 0 unspecified atom stereocenters. The van der Waals surface area contributed by atoms with Gasteiger partial charge in [-0.3, -0.25) is 10.3 Å². The van der Waals surface area contributed by atoms with E-state index >= 15 is 0 Å². The van der Waals surface area contributed by atoms with E-state index in [0.29, 0.717) is 18.1 Å². The summed E-state index contributed by atoms with van der Waals surface area (Å²) in [4.78, 5) is 6.93. The summed E-state index contributed by atoms with van der Waals surface area (Å²) in [6.07, 6.45) is 1.73. The van der Waals surface area contributed by atoms with Crippen LogP contribution in [0.25, 0.3) is 11.3 Å². The largest absolute Gasteiger partial charge is 0.493 e. The first-order valence-electron chi connectivity index (χ1n) is 10.2. The zero-order chi connectivity index (χ0) is 21.3. The van der Waals surface area contributed by atoms with Crippen LogP contribution in [0.15, 0.2) is 59.0 Å². The molecule has 4 rings (SSSR count). The van der Waals surface area contributed by atoms with Crippen molar-refractivity contribution < 1.29 is 14.2 Å². The molecular weight excluding hydrogens is 412 g/mol. The van der Waals surface area contributed by atoms with Crippen molar-refractivity contribution in [3.8, 4) is 22.8 Å². The van der Waals surface area contributed by atoms with Crippen molar-refractivity contribution in [2.45, 2.75) is 0 Å². The zero-order valence-corrected chi connectivity index (χ0v) is 18.3. The SMILES string of the molecule is COc1cccc(C=NNc2nc(-c3ccccc3)cs2)c1OCCN1CCOCC1. The summed E-state index contributed by atoms with van der Waals surface area (Å²) in [5, 5.41) is 7.11. The van der Waals surface area contributed by atoms with Gasteiger partial charge in [0.1, 0.15) is 6.61 Å². The molecule has 0 aliphatic carbocycles. The molecule has 3 aromatic rings. The van der Waals surface area contributed by atoms with Gasteiger partial charge in [-0.05, 0) is 12.1 Å². The number of thiazole rings is 1. The number of aromatic nitrogens is 1. The summed E-state index contributed by atoms with van der Waals surface area (Å²) < 4.78 is 17.0. The third kappa shape index (κ3) is 5.81. The van der Waals surface area contributed by atoms with Gasteiger partial charge >= 0.3 is 0 Å². The minimum absolute atomic E-state index is 0.571. The second kappa shape index (κ2) is 10.9. The third-order valence-electron chi connectivity index (χ3n) is 4.92. The Bertz CT molecular complexity index is 987. The number of hydrazone groups is 1. The van der Waals surface area contributed by atoms with Gasteiger partial charge in [0.25, 0.3) is 0 Å². The van der Waals surface area contributed by atoms with Crippen molar-refractivity contribution in [3.05, 3.63) is 59.5 Å². The fraction of sp³-hybridized carbons (Fsp3) is 0.304. The molecule has 1 aromatic heterocycles. The number of ether oxygens (including phenoxy) is 3. The Morgan fingerprint density at radius 1 is 1.16 bits per heavy atom. The number of hydrogen-bond donors (Lipinski definition) is 1. The van der Waals surface area contributed by atoms with E-state index in [0.717, 1.165) is 54.8 Å². The predicted molar refractivity (Wildman–Crippen MR) is 125 cm³/mol. The van der Waals surface area contributed by atoms with E-state index in [4.69, 9.17) is 14.2 Å². The molecule has 0 atom stereocenters. The molecule has 1 fully saturated rings. The molecule has 0 bridgehead atoms. The standard InChI is InChI=1S/C23H26N4O3S/c1-28-21-9-5-8-19(22(21)30-15-12-27-10-13-29-14-11-27)16-24-26-23-25-20(17-31-23)18-6-3-2-4-7-18/h2-9,16-17H,10-15H2,1H3,(H,25,26). The fourth-order valence-corrected chi connectivity index (χ4v) is 3.94. The molecule has 1 N–H and O–H groups in total. The molecule has 2 aromatic carbocycles. The molecule has 8 heteroatoms. The molecule has 31 heavy (non-hydrogen) atoms. The van der Waals surface area contributed by atoms with E-state index in [1.54, 1.807) is 13.3 Å². The van der Waals surface area contributed by atoms with Crippen molar-refractivity contribution in [2.75, 3.05) is 52.0 Å². The number of nitrogens with zero attached hydrogens (tertiary/aromatic N) is 3. The van der Waals surface area contributed by atoms with Crippen LogP contribution in [0.1, 0.15) is 5.56 Å². The molecule has 2 heterocycles. The summed E-state index contributed by atoms with van der Waals surface area (Å²) in [7, 11) is 1.64. The van der Waals surface area contributed by atoms with Gasteiger partial charge in [0.05, 0.1) is 32.2 Å². The van der Waals surface area contributed by atoms with Gasteiger partial charge < -0.3 is 14.2 Å². The van der Waals surface area contributed by atoms with Crippen molar-refractivity contribution in [3.63, 3.8) is 0 Å². The normalized spacial score (nSPS) is 14.6. The number of hydrogen-bond acceptors (Lipinski definition) is 8. The third-order valence-corrected chi connectivity index (χ3v) is 5.67. The maximum Gasteiger partial charge on any atom is 0.203 e. The summed E-state index contributed by atoms with van der Waals surface area (Å²) in [5.41, 5.74) is 5.87. The lowest BCUT2D eigenvalue weighted by Crippen LogP contribution is -2.38. The summed E-state index contributed by atoms with van der Waals surface area (Å²) in [6, 6.07) is 15.8. The first-order chi connectivity index (χ1) is 15.3. The zero-order valence-electron chi connectivity index (χ0n) is 17.5. The quantitative estimate of drug-likeness (QED) is 0.403. The highest BCUT2D eigenvalue weighted by molar-refractivity contribution is 7.14. The molecule has 0 amide bonds. The minimum Gasteiger partial charge on any atom is -0.493 e. The maximum atomic E-state index is 6.09. The number of methoxy groups -OCH3 is 1. The molecule has 1 aliphatic heterocycles. The van der Waals surface area contributed by atoms with Gasteiger partial charge in [-0.15, -0.1) is 11.3 Å². The highest BCUT2D eigenvalue weighted by Crippen LogP contribution is 2.30. The topological polar surface area (TPSA) is 68.2 Å². The van der Waals surface area contributed by atoms with E-state index in [2.05, 4.69) is 20.4 Å². The summed E-state index contributed by atoms with van der Waals surface area (Å²) in [6.45, 7) is 4.85. The van der Waals surface area contributed by atoms with Gasteiger partial charge in [-0.1, -0.05) is 36.4 Å². The summed E-state index contributed by atoms with van der Waals surface area (Å²) in [5.74, 6) is 1.37. The van der Waals surface area contributed by atoms with Gasteiger partial charge in [0.15, 0.2) is 11.5 Å². The van der Waals surface area contributed by atoms with Gasteiger partial charge in [0.2, 0.25) is 5.13 Å². The second-order valence-corrected chi connectivity index (χ2v) is 7.81. The van der Waals surface area contributed by atoms with Crippen LogP contribution in [0.2, 0.25) is 0 Å². The first-order valence-corrected chi connectivity index (χ1v) is 11.1. The van der Waals surface area contributed by atoms with E-state index in [9.17, 15) is 0 Å². The van der Waals surface area contributed by atoms with Crippen LogP contribution in [-0.4, -0.2) is 62.7 Å². The molecular formula is C23H26N4O3S. The minimum atomic E-state index is 0.571. The van der Waals surface area contributed by atoms with Crippen molar-refractivity contribution in [1.82, 2.24) is 9.88 Å². The van der Waals surface area contributed by atoms with E-state index in [-0.39, 0.29) is 0 Å². The average Bonchev–Trinajstić information content (AvgIpc) is 3.30. The Kier molecular flexibility index (Phi) is 7.49. The van der Waals surface area contributed by atoms with Crippen LogP contribution in [0.5, 0.6) is 11.5 Å². The Morgan fingerprint density at radius 3 is 2.81 bits per heavy atom. The highest BCUT2D eigenvalue weighted by atomic mass is 32.1. The average molecular weight is 439 g/mol. The lowest BCUT2D eigenvalue weighted by atomic mass is 10.2. The second-order valence-electron chi connectivity index (χ2n) is 6.96. The van der Waals surface area contributed by atoms with Crippen LogP contribution >= 0.6 is 11.3 Å². The number of benzene rings is 2. The molecule has 0 saturated carbocycles. The monoisotopic (exact) mass is 438 g/mol. The van der Waals surface area contributed by atoms with E-state index < -0.39 is 0 Å². The maximum absolute atomic E-state index is 6.09. The Morgan fingerprint density at radius 2 is 2.00 bits per heavy atom. The smallest absolute Gasteiger partial charge is 0.203 e. The fourth-order valence-electron chi connectivity index (χ4n) is 3.27. The number of morpholine rings is 1. The van der Waals surface area contributed by atoms with Crippen LogP contribution in [0, 0.1) is 0 Å². The highest BCUT2D eigenvalue weighted by Gasteiger charge is 2.13. The molecule has 0 radical (unpaired) electrons. The number of rotatable bonds is 9. The molecule has 1 aliphatic rings. The van der Waals surface area contributed by atoms with E-state index in [1.165, 1.54) is 11.3 Å². The van der Waals surface area contributed by atoms with Crippen molar-refractivity contribution >= 4 is 22.7 Å². The summed E-state index contributed by atoms with van der Waals surface area (Å²) >= 11 is 1.51. The molecule has 0 spiro atoms. The van der Waals surface area contributed by atoms with Gasteiger partial charge in [0, 0.05) is 36.1 Å². The Hall–Kier alpha value is -2.94. The lowest BCUT2D eigenvalue weighted by Gasteiger charge is -2.26. The van der Waals surface area contributed by atoms with Crippen LogP contribution in [0.4, 0.5) is 5.13 Å². The number of anilines is 1. The number of nitrogens with one attached hydrogen (secondary N) is 1. The Balaban J connectivity index is 1.39. The van der Waals surface area contributed by atoms with Crippen LogP contribution in [0.3, 0.4) is 0 Å². The first kappa shape index (κ1) is 21.3. The van der Waals surface area contributed by atoms with Crippen molar-refractivity contribution in [2.24, 2.45) is 5.10 Å². The number of para-hydroxylation sites is 1. The van der Waals surface area contributed by atoms with Crippen LogP contribution < -0.4 is 14.9 Å². The predicted octanol–water partition coefficient (Wildman–Crippen LogP) is 3.98. The Labute approximate surface area is 186 Å². The van der Waals surface area contributed by atoms with Gasteiger partial charge in [-0.25, -0.2) is 4.98 Å². The molecule has 1 saturated heterocycles. The van der Waals surface area contributed by atoms with Crippen molar-refractivity contribution in [1.29, 1.82) is 0 Å². The molecule has 7 nitrogen and oxygen atoms in total. The van der Waals surface area contributed by atoms with Crippen LogP contribution in [-0.2, 0) is 4.74 Å². The lowest BCUT2D eigenvalue weighted by molar-refractivity contribution is 0.0321.